The molecule has 0 bridgehead atoms. The first-order valence-corrected chi connectivity index (χ1v) is 3.83. The van der Waals surface area contributed by atoms with Gasteiger partial charge in [-0.3, -0.25) is 4.79 Å². The standard InChI is InChI=1S/C8H8Cl2O2/c1-6(9)5-8(10)3-4-12-7(2)11/h3-5H,1H2,2H3. The molecule has 0 saturated heterocycles. The van der Waals surface area contributed by atoms with Crippen LogP contribution in [-0.2, 0) is 9.53 Å². The van der Waals surface area contributed by atoms with Gasteiger partial charge in [0, 0.05) is 17.0 Å². The van der Waals surface area contributed by atoms with Crippen LogP contribution in [0.25, 0.3) is 0 Å². The lowest BCUT2D eigenvalue weighted by atomic mass is 10.4. The highest BCUT2D eigenvalue weighted by Crippen LogP contribution is 2.09. The minimum Gasteiger partial charge on any atom is -0.435 e. The van der Waals surface area contributed by atoms with Crippen LogP contribution in [0.5, 0.6) is 0 Å². The van der Waals surface area contributed by atoms with Gasteiger partial charge in [0.1, 0.15) is 0 Å². The van der Waals surface area contributed by atoms with Gasteiger partial charge in [0.2, 0.25) is 0 Å². The molecule has 0 unspecified atom stereocenters. The summed E-state index contributed by atoms with van der Waals surface area (Å²) in [6.45, 7) is 4.70. The first-order valence-electron chi connectivity index (χ1n) is 3.07. The van der Waals surface area contributed by atoms with E-state index in [1.54, 1.807) is 0 Å². The summed E-state index contributed by atoms with van der Waals surface area (Å²) in [7, 11) is 0. The van der Waals surface area contributed by atoms with E-state index in [-0.39, 0.29) is 0 Å². The highest BCUT2D eigenvalue weighted by molar-refractivity contribution is 6.35. The van der Waals surface area contributed by atoms with Crippen LogP contribution in [0.2, 0.25) is 0 Å². The molecule has 0 radical (unpaired) electrons. The zero-order chi connectivity index (χ0) is 9.56. The van der Waals surface area contributed by atoms with Gasteiger partial charge in [-0.25, -0.2) is 0 Å². The maximum Gasteiger partial charge on any atom is 0.307 e. The van der Waals surface area contributed by atoms with E-state index in [9.17, 15) is 4.79 Å². The molecule has 0 aliphatic rings. The lowest BCUT2D eigenvalue weighted by Gasteiger charge is -1.90. The maximum absolute atomic E-state index is 10.3. The fraction of sp³-hybridized carbons (Fsp3) is 0.125. The predicted octanol–water partition coefficient (Wildman–Crippen LogP) is 2.94. The van der Waals surface area contributed by atoms with E-state index >= 15 is 0 Å². The Hall–Kier alpha value is -0.730. The smallest absolute Gasteiger partial charge is 0.307 e. The molecule has 0 atom stereocenters. The summed E-state index contributed by atoms with van der Waals surface area (Å²) in [5.74, 6) is -0.402. The first kappa shape index (κ1) is 11.3. The third kappa shape index (κ3) is 7.38. The van der Waals surface area contributed by atoms with Gasteiger partial charge < -0.3 is 4.74 Å². The Morgan fingerprint density at radius 1 is 1.50 bits per heavy atom. The molecule has 0 aliphatic carbocycles. The molecule has 0 aliphatic heterocycles. The number of hydrogen-bond donors (Lipinski definition) is 0. The van der Waals surface area contributed by atoms with Crippen LogP contribution in [0.4, 0.5) is 0 Å². The molecule has 0 N–H and O–H groups in total. The highest BCUT2D eigenvalue weighted by Gasteiger charge is 1.88. The Balaban J connectivity index is 3.99. The second kappa shape index (κ2) is 5.86. The summed E-state index contributed by atoms with van der Waals surface area (Å²) in [5.41, 5.74) is 0. The predicted molar refractivity (Wildman–Crippen MR) is 49.8 cm³/mol. The van der Waals surface area contributed by atoms with Gasteiger partial charge in [0.25, 0.3) is 0 Å². The summed E-state index contributed by atoms with van der Waals surface area (Å²) >= 11 is 11.0. The minimum absolute atomic E-state index is 0.312. The van der Waals surface area contributed by atoms with Crippen molar-refractivity contribution in [3.63, 3.8) is 0 Å². The third-order valence-electron chi connectivity index (χ3n) is 0.756. The van der Waals surface area contributed by atoms with Crippen LogP contribution in [0.3, 0.4) is 0 Å². The molecular weight excluding hydrogens is 199 g/mol. The molecule has 0 aromatic heterocycles. The number of ether oxygens (including phenoxy) is 1. The summed E-state index contributed by atoms with van der Waals surface area (Å²) in [6.07, 6.45) is 4.01. The van der Waals surface area contributed by atoms with Gasteiger partial charge in [0.05, 0.1) is 6.26 Å². The average molecular weight is 207 g/mol. The third-order valence-corrected chi connectivity index (χ3v) is 1.10. The quantitative estimate of drug-likeness (QED) is 0.404. The van der Waals surface area contributed by atoms with Crippen molar-refractivity contribution >= 4 is 29.2 Å². The monoisotopic (exact) mass is 206 g/mol. The Kier molecular flexibility index (Phi) is 5.51. The second-order valence-electron chi connectivity index (χ2n) is 1.89. The molecule has 0 saturated carbocycles. The fourth-order valence-corrected chi connectivity index (χ4v) is 0.749. The summed E-state index contributed by atoms with van der Waals surface area (Å²) < 4.78 is 4.48. The summed E-state index contributed by atoms with van der Waals surface area (Å²) in [5, 5.41) is 0.656. The fourth-order valence-electron chi connectivity index (χ4n) is 0.393. The van der Waals surface area contributed by atoms with Crippen LogP contribution >= 0.6 is 23.2 Å². The molecule has 0 amide bonds. The van der Waals surface area contributed by atoms with Crippen LogP contribution in [0.15, 0.2) is 35.1 Å². The molecule has 0 rings (SSSR count). The van der Waals surface area contributed by atoms with Crippen molar-refractivity contribution in [3.8, 4) is 0 Å². The Morgan fingerprint density at radius 2 is 2.08 bits per heavy atom. The van der Waals surface area contributed by atoms with E-state index in [1.165, 1.54) is 25.3 Å². The number of carbonyl (C=O) groups excluding carboxylic acids is 1. The Bertz CT molecular complexity index is 241. The van der Waals surface area contributed by atoms with Gasteiger partial charge >= 0.3 is 5.97 Å². The van der Waals surface area contributed by atoms with E-state index in [4.69, 9.17) is 23.2 Å². The van der Waals surface area contributed by atoms with Crippen molar-refractivity contribution in [3.05, 3.63) is 35.1 Å². The zero-order valence-corrected chi connectivity index (χ0v) is 8.02. The van der Waals surface area contributed by atoms with Crippen LogP contribution in [0, 0.1) is 0 Å². The van der Waals surface area contributed by atoms with E-state index in [0.717, 1.165) is 0 Å². The van der Waals surface area contributed by atoms with Gasteiger partial charge in [-0.15, -0.1) is 0 Å². The van der Waals surface area contributed by atoms with Gasteiger partial charge in [-0.1, -0.05) is 29.8 Å². The van der Waals surface area contributed by atoms with Gasteiger partial charge in [-0.2, -0.15) is 0 Å². The van der Waals surface area contributed by atoms with Gasteiger partial charge in [-0.05, 0) is 12.2 Å². The molecule has 0 spiro atoms. The topological polar surface area (TPSA) is 26.3 Å². The van der Waals surface area contributed by atoms with E-state index < -0.39 is 5.97 Å². The molecule has 0 fully saturated rings. The lowest BCUT2D eigenvalue weighted by molar-refractivity contribution is -0.135. The van der Waals surface area contributed by atoms with Crippen LogP contribution < -0.4 is 0 Å². The molecule has 2 nitrogen and oxygen atoms in total. The molecular formula is C8H8Cl2O2. The summed E-state index contributed by atoms with van der Waals surface area (Å²) in [4.78, 5) is 10.3. The number of allylic oxidation sites excluding steroid dienone is 4. The summed E-state index contributed by atoms with van der Waals surface area (Å²) in [6, 6.07) is 0. The van der Waals surface area contributed by atoms with E-state index in [2.05, 4.69) is 11.3 Å². The number of rotatable bonds is 3. The van der Waals surface area contributed by atoms with Crippen molar-refractivity contribution in [2.24, 2.45) is 0 Å². The molecule has 0 aromatic rings. The number of halogens is 2. The largest absolute Gasteiger partial charge is 0.435 e. The molecule has 0 heterocycles. The van der Waals surface area contributed by atoms with Crippen molar-refractivity contribution in [1.29, 1.82) is 0 Å². The molecule has 0 aromatic carbocycles. The van der Waals surface area contributed by atoms with Crippen molar-refractivity contribution in [2.45, 2.75) is 6.92 Å². The molecule has 66 valence electrons. The minimum atomic E-state index is -0.402. The Morgan fingerprint density at radius 3 is 2.50 bits per heavy atom. The van der Waals surface area contributed by atoms with Crippen molar-refractivity contribution < 1.29 is 9.53 Å². The lowest BCUT2D eigenvalue weighted by Crippen LogP contribution is -1.89. The van der Waals surface area contributed by atoms with Crippen molar-refractivity contribution in [2.75, 3.05) is 0 Å². The second-order valence-corrected chi connectivity index (χ2v) is 2.81. The number of hydrogen-bond acceptors (Lipinski definition) is 2. The molecule has 4 heteroatoms. The zero-order valence-electron chi connectivity index (χ0n) is 6.51. The van der Waals surface area contributed by atoms with E-state index in [1.807, 2.05) is 0 Å². The number of carbonyl (C=O) groups is 1. The highest BCUT2D eigenvalue weighted by atomic mass is 35.5. The van der Waals surface area contributed by atoms with Gasteiger partial charge in [0.15, 0.2) is 0 Å². The maximum atomic E-state index is 10.3. The van der Waals surface area contributed by atoms with Crippen LogP contribution in [-0.4, -0.2) is 5.97 Å². The first-order chi connectivity index (χ1) is 5.52. The average Bonchev–Trinajstić information content (AvgIpc) is 1.84. The van der Waals surface area contributed by atoms with Crippen molar-refractivity contribution in [1.82, 2.24) is 0 Å². The molecule has 12 heavy (non-hydrogen) atoms. The van der Waals surface area contributed by atoms with E-state index in [0.29, 0.717) is 10.1 Å². The Labute approximate surface area is 81.1 Å². The number of esters is 1. The SMILES string of the molecule is C=C(Cl)C=C(Cl)C=COC(C)=O. The normalized spacial score (nSPS) is 11.8. The van der Waals surface area contributed by atoms with Crippen LogP contribution in [0.1, 0.15) is 6.92 Å².